The van der Waals surface area contributed by atoms with Crippen LogP contribution in [0.25, 0.3) is 10.6 Å². The van der Waals surface area contributed by atoms with Gasteiger partial charge in [-0.1, -0.05) is 11.2 Å². The van der Waals surface area contributed by atoms with Crippen molar-refractivity contribution < 1.29 is 14.1 Å². The molecule has 19 heavy (non-hydrogen) atoms. The molecule has 3 heterocycles. The first-order valence-corrected chi connectivity index (χ1v) is 7.11. The minimum atomic E-state index is -0.220. The van der Waals surface area contributed by atoms with Crippen LogP contribution in [0.2, 0.25) is 0 Å². The molecule has 0 aliphatic carbocycles. The molecular formula is C13H14N2O3S. The Hall–Kier alpha value is -1.66. The van der Waals surface area contributed by atoms with E-state index in [0.29, 0.717) is 18.0 Å². The van der Waals surface area contributed by atoms with Crippen molar-refractivity contribution in [3.05, 3.63) is 29.3 Å². The fraction of sp³-hybridized carbons (Fsp3) is 0.385. The normalized spacial score (nSPS) is 18.6. The van der Waals surface area contributed by atoms with E-state index in [1.807, 2.05) is 17.5 Å². The van der Waals surface area contributed by atoms with E-state index in [1.165, 1.54) is 0 Å². The van der Waals surface area contributed by atoms with Crippen LogP contribution in [-0.4, -0.2) is 30.3 Å². The van der Waals surface area contributed by atoms with E-state index in [4.69, 9.17) is 9.26 Å². The SMILES string of the molecule is O=C(NC[C@@H]1CCCO1)c1cc(-c2cccs2)on1. The van der Waals surface area contributed by atoms with Crippen LogP contribution >= 0.6 is 11.3 Å². The topological polar surface area (TPSA) is 64.4 Å². The predicted octanol–water partition coefficient (Wildman–Crippen LogP) is 2.31. The van der Waals surface area contributed by atoms with Crippen molar-refractivity contribution in [3.63, 3.8) is 0 Å². The second kappa shape index (κ2) is 5.54. The smallest absolute Gasteiger partial charge is 0.273 e. The predicted molar refractivity (Wildman–Crippen MR) is 71.1 cm³/mol. The Bertz CT molecular complexity index is 544. The van der Waals surface area contributed by atoms with Gasteiger partial charge in [0, 0.05) is 19.2 Å². The highest BCUT2D eigenvalue weighted by Crippen LogP contribution is 2.25. The Morgan fingerprint density at radius 1 is 1.58 bits per heavy atom. The summed E-state index contributed by atoms with van der Waals surface area (Å²) in [5, 5.41) is 8.57. The highest BCUT2D eigenvalue weighted by Gasteiger charge is 2.18. The summed E-state index contributed by atoms with van der Waals surface area (Å²) in [5.74, 6) is 0.402. The van der Waals surface area contributed by atoms with Crippen molar-refractivity contribution in [1.29, 1.82) is 0 Å². The number of hydrogen-bond donors (Lipinski definition) is 1. The molecule has 1 aliphatic heterocycles. The highest BCUT2D eigenvalue weighted by atomic mass is 32.1. The molecule has 0 saturated carbocycles. The molecule has 0 aromatic carbocycles. The zero-order valence-corrected chi connectivity index (χ0v) is 11.1. The summed E-state index contributed by atoms with van der Waals surface area (Å²) < 4.78 is 10.6. The molecule has 3 rings (SSSR count). The zero-order valence-electron chi connectivity index (χ0n) is 10.3. The second-order valence-electron chi connectivity index (χ2n) is 4.40. The summed E-state index contributed by atoms with van der Waals surface area (Å²) >= 11 is 1.55. The Morgan fingerprint density at radius 2 is 2.53 bits per heavy atom. The van der Waals surface area contributed by atoms with Crippen LogP contribution in [0, 0.1) is 0 Å². The van der Waals surface area contributed by atoms with Gasteiger partial charge in [-0.15, -0.1) is 11.3 Å². The number of carbonyl (C=O) groups is 1. The molecule has 1 aliphatic rings. The van der Waals surface area contributed by atoms with Crippen molar-refractivity contribution in [2.24, 2.45) is 0 Å². The average Bonchev–Trinajstić information content (AvgIpc) is 3.14. The van der Waals surface area contributed by atoms with Crippen LogP contribution in [0.1, 0.15) is 23.3 Å². The molecule has 1 saturated heterocycles. The van der Waals surface area contributed by atoms with Crippen LogP contribution in [0.15, 0.2) is 28.1 Å². The minimum Gasteiger partial charge on any atom is -0.376 e. The molecule has 1 atom stereocenters. The Morgan fingerprint density at radius 3 is 3.26 bits per heavy atom. The first kappa shape index (κ1) is 12.4. The van der Waals surface area contributed by atoms with E-state index < -0.39 is 0 Å². The van der Waals surface area contributed by atoms with Gasteiger partial charge in [0.25, 0.3) is 5.91 Å². The van der Waals surface area contributed by atoms with Gasteiger partial charge in [-0.2, -0.15) is 0 Å². The molecule has 1 amide bonds. The van der Waals surface area contributed by atoms with Crippen LogP contribution in [-0.2, 0) is 4.74 Å². The van der Waals surface area contributed by atoms with Gasteiger partial charge in [-0.3, -0.25) is 4.79 Å². The molecule has 0 radical (unpaired) electrons. The van der Waals surface area contributed by atoms with Gasteiger partial charge in [-0.25, -0.2) is 0 Å². The quantitative estimate of drug-likeness (QED) is 0.932. The number of rotatable bonds is 4. The first-order chi connectivity index (χ1) is 9.33. The summed E-state index contributed by atoms with van der Waals surface area (Å²) in [5.41, 5.74) is 0.307. The number of ether oxygens (including phenoxy) is 1. The van der Waals surface area contributed by atoms with Crippen molar-refractivity contribution in [2.45, 2.75) is 18.9 Å². The van der Waals surface area contributed by atoms with Gasteiger partial charge >= 0.3 is 0 Å². The molecule has 1 fully saturated rings. The second-order valence-corrected chi connectivity index (χ2v) is 5.35. The summed E-state index contributed by atoms with van der Waals surface area (Å²) in [4.78, 5) is 12.9. The van der Waals surface area contributed by atoms with E-state index in [9.17, 15) is 4.79 Å². The third-order valence-electron chi connectivity index (χ3n) is 3.02. The number of hydrogen-bond acceptors (Lipinski definition) is 5. The van der Waals surface area contributed by atoms with Crippen LogP contribution < -0.4 is 5.32 Å². The van der Waals surface area contributed by atoms with Crippen LogP contribution in [0.4, 0.5) is 0 Å². The van der Waals surface area contributed by atoms with Gasteiger partial charge in [0.05, 0.1) is 11.0 Å². The first-order valence-electron chi connectivity index (χ1n) is 6.23. The largest absolute Gasteiger partial charge is 0.376 e. The highest BCUT2D eigenvalue weighted by molar-refractivity contribution is 7.13. The fourth-order valence-corrected chi connectivity index (χ4v) is 2.69. The van der Waals surface area contributed by atoms with E-state index >= 15 is 0 Å². The monoisotopic (exact) mass is 278 g/mol. The summed E-state index contributed by atoms with van der Waals surface area (Å²) in [6.45, 7) is 1.31. The average molecular weight is 278 g/mol. The molecule has 2 aromatic rings. The van der Waals surface area contributed by atoms with Gasteiger partial charge in [0.15, 0.2) is 11.5 Å². The molecule has 6 heteroatoms. The molecule has 0 spiro atoms. The third-order valence-corrected chi connectivity index (χ3v) is 3.91. The lowest BCUT2D eigenvalue weighted by atomic mass is 10.2. The summed E-state index contributed by atoms with van der Waals surface area (Å²) in [6, 6.07) is 5.52. The molecule has 5 nitrogen and oxygen atoms in total. The molecule has 0 bridgehead atoms. The maximum absolute atomic E-state index is 11.9. The fourth-order valence-electron chi connectivity index (χ4n) is 2.02. The van der Waals surface area contributed by atoms with E-state index in [-0.39, 0.29) is 12.0 Å². The number of amides is 1. The van der Waals surface area contributed by atoms with Gasteiger partial charge < -0.3 is 14.6 Å². The van der Waals surface area contributed by atoms with E-state index in [2.05, 4.69) is 10.5 Å². The maximum Gasteiger partial charge on any atom is 0.273 e. The zero-order chi connectivity index (χ0) is 13.1. The summed E-state index contributed by atoms with van der Waals surface area (Å²) in [7, 11) is 0. The number of thiophene rings is 1. The number of aromatic nitrogens is 1. The van der Waals surface area contributed by atoms with Gasteiger partial charge in [0.1, 0.15) is 0 Å². The van der Waals surface area contributed by atoms with Crippen molar-refractivity contribution in [3.8, 4) is 10.6 Å². The van der Waals surface area contributed by atoms with E-state index in [0.717, 1.165) is 24.3 Å². The molecule has 2 aromatic heterocycles. The molecule has 100 valence electrons. The van der Waals surface area contributed by atoms with Crippen LogP contribution in [0.3, 0.4) is 0 Å². The minimum absolute atomic E-state index is 0.132. The lowest BCUT2D eigenvalue weighted by Crippen LogP contribution is -2.31. The Kier molecular flexibility index (Phi) is 3.61. The van der Waals surface area contributed by atoms with E-state index in [1.54, 1.807) is 17.4 Å². The lowest BCUT2D eigenvalue weighted by Gasteiger charge is -2.09. The Balaban J connectivity index is 1.60. The molecule has 0 unspecified atom stereocenters. The third kappa shape index (κ3) is 2.85. The maximum atomic E-state index is 11.9. The van der Waals surface area contributed by atoms with Gasteiger partial charge in [-0.05, 0) is 24.3 Å². The standard InChI is InChI=1S/C13H14N2O3S/c16-13(14-8-9-3-1-5-17-9)10-7-11(18-15-10)12-4-2-6-19-12/h2,4,6-7,9H,1,3,5,8H2,(H,14,16)/t9-/m0/s1. The number of nitrogens with zero attached hydrogens (tertiary/aromatic N) is 1. The van der Waals surface area contributed by atoms with Crippen molar-refractivity contribution >= 4 is 17.2 Å². The molecule has 1 N–H and O–H groups in total. The molecular weight excluding hydrogens is 264 g/mol. The van der Waals surface area contributed by atoms with Crippen molar-refractivity contribution in [2.75, 3.05) is 13.2 Å². The number of nitrogens with one attached hydrogen (secondary N) is 1. The Labute approximate surface area is 114 Å². The lowest BCUT2D eigenvalue weighted by molar-refractivity contribution is 0.0850. The van der Waals surface area contributed by atoms with Crippen LogP contribution in [0.5, 0.6) is 0 Å². The summed E-state index contributed by atoms with van der Waals surface area (Å²) in [6.07, 6.45) is 2.19. The number of carbonyl (C=O) groups excluding carboxylic acids is 1. The van der Waals surface area contributed by atoms with Crippen molar-refractivity contribution in [1.82, 2.24) is 10.5 Å². The van der Waals surface area contributed by atoms with Gasteiger partial charge in [0.2, 0.25) is 0 Å².